The number of unbranched alkanes of at least 4 members (excludes halogenated alkanes) is 1. The van der Waals surface area contributed by atoms with Gasteiger partial charge >= 0.3 is 0 Å². The van der Waals surface area contributed by atoms with Crippen molar-refractivity contribution in [2.45, 2.75) is 45.6 Å². The van der Waals surface area contributed by atoms with Crippen LogP contribution in [-0.2, 0) is 9.59 Å². The Balaban J connectivity index is 1.93. The Bertz CT molecular complexity index is 961. The molecule has 178 valence electrons. The molecular weight excluding hydrogens is 420 g/mol. The van der Waals surface area contributed by atoms with E-state index in [1.54, 1.807) is 32.4 Å². The molecule has 0 spiro atoms. The summed E-state index contributed by atoms with van der Waals surface area (Å²) in [5.41, 5.74) is 1.48. The van der Waals surface area contributed by atoms with Crippen LogP contribution in [0.15, 0.2) is 42.5 Å². The predicted octanol–water partition coefficient (Wildman–Crippen LogP) is 4.82. The van der Waals surface area contributed by atoms with Gasteiger partial charge in [-0.05, 0) is 38.0 Å². The van der Waals surface area contributed by atoms with Crippen LogP contribution in [-0.4, -0.2) is 44.1 Å². The Kier molecular flexibility index (Phi) is 8.58. The molecule has 7 heteroatoms. The molecular formula is C26H34N2O5. The van der Waals surface area contributed by atoms with Crippen LogP contribution >= 0.6 is 0 Å². The molecule has 2 amide bonds. The van der Waals surface area contributed by atoms with E-state index in [-0.39, 0.29) is 11.8 Å². The number of nitrogens with one attached hydrogen (secondary N) is 1. The summed E-state index contributed by atoms with van der Waals surface area (Å²) in [7, 11) is 3.18. The van der Waals surface area contributed by atoms with Gasteiger partial charge in [-0.1, -0.05) is 31.5 Å². The van der Waals surface area contributed by atoms with Crippen LogP contribution in [0.2, 0.25) is 0 Å². The fourth-order valence-electron chi connectivity index (χ4n) is 4.37. The van der Waals surface area contributed by atoms with E-state index in [9.17, 15) is 9.59 Å². The zero-order valence-electron chi connectivity index (χ0n) is 19.9. The van der Waals surface area contributed by atoms with Crippen molar-refractivity contribution in [3.63, 3.8) is 0 Å². The molecule has 2 aromatic rings. The van der Waals surface area contributed by atoms with Crippen LogP contribution in [0.1, 0.15) is 51.1 Å². The average molecular weight is 455 g/mol. The van der Waals surface area contributed by atoms with Gasteiger partial charge in [0.2, 0.25) is 11.8 Å². The lowest BCUT2D eigenvalue weighted by molar-refractivity contribution is -0.142. The average Bonchev–Trinajstić information content (AvgIpc) is 2.84. The molecule has 7 nitrogen and oxygen atoms in total. The smallest absolute Gasteiger partial charge is 0.229 e. The van der Waals surface area contributed by atoms with Gasteiger partial charge in [0, 0.05) is 30.3 Å². The summed E-state index contributed by atoms with van der Waals surface area (Å²) in [6.07, 6.45) is 2.66. The molecule has 3 rings (SSSR count). The molecule has 1 heterocycles. The number of hydrogen-bond acceptors (Lipinski definition) is 5. The summed E-state index contributed by atoms with van der Waals surface area (Å²) in [6, 6.07) is 12.6. The van der Waals surface area contributed by atoms with Crippen LogP contribution in [0.25, 0.3) is 0 Å². The van der Waals surface area contributed by atoms with Gasteiger partial charge in [0.1, 0.15) is 5.75 Å². The van der Waals surface area contributed by atoms with Crippen LogP contribution in [0, 0.1) is 5.92 Å². The number of amides is 2. The third-order valence-electron chi connectivity index (χ3n) is 5.98. The van der Waals surface area contributed by atoms with E-state index in [1.165, 1.54) is 0 Å². The third kappa shape index (κ3) is 5.59. The van der Waals surface area contributed by atoms with Crippen molar-refractivity contribution in [1.82, 2.24) is 4.90 Å². The maximum absolute atomic E-state index is 13.5. The van der Waals surface area contributed by atoms with Gasteiger partial charge in [-0.25, -0.2) is 0 Å². The SMILES string of the molecule is CCCCN1C(=O)CCC(C(=O)Nc2ccc(OCC)c(OC)c2)C1c1ccccc1OC. The van der Waals surface area contributed by atoms with E-state index in [1.807, 2.05) is 36.1 Å². The van der Waals surface area contributed by atoms with Crippen LogP contribution in [0.5, 0.6) is 17.2 Å². The molecule has 0 aromatic heterocycles. The first kappa shape index (κ1) is 24.4. The Labute approximate surface area is 196 Å². The van der Waals surface area contributed by atoms with Gasteiger partial charge in [-0.3, -0.25) is 9.59 Å². The first-order chi connectivity index (χ1) is 16.0. The summed E-state index contributed by atoms with van der Waals surface area (Å²) in [4.78, 5) is 28.3. The van der Waals surface area contributed by atoms with E-state index in [0.29, 0.717) is 48.9 Å². The van der Waals surface area contributed by atoms with Gasteiger partial charge in [0.15, 0.2) is 11.5 Å². The Hall–Kier alpha value is -3.22. The lowest BCUT2D eigenvalue weighted by atomic mass is 9.83. The predicted molar refractivity (Wildman–Crippen MR) is 128 cm³/mol. The van der Waals surface area contributed by atoms with Crippen molar-refractivity contribution in [2.75, 3.05) is 32.7 Å². The van der Waals surface area contributed by atoms with Crippen molar-refractivity contribution < 1.29 is 23.8 Å². The molecule has 0 bridgehead atoms. The second kappa shape index (κ2) is 11.6. The third-order valence-corrected chi connectivity index (χ3v) is 5.98. The van der Waals surface area contributed by atoms with Crippen LogP contribution in [0.4, 0.5) is 5.69 Å². The Morgan fingerprint density at radius 1 is 1.06 bits per heavy atom. The van der Waals surface area contributed by atoms with Gasteiger partial charge in [0.25, 0.3) is 0 Å². The molecule has 1 aliphatic heterocycles. The topological polar surface area (TPSA) is 77.1 Å². The first-order valence-electron chi connectivity index (χ1n) is 11.6. The van der Waals surface area contributed by atoms with Crippen molar-refractivity contribution in [3.05, 3.63) is 48.0 Å². The monoisotopic (exact) mass is 454 g/mol. The molecule has 2 unspecified atom stereocenters. The molecule has 1 N–H and O–H groups in total. The zero-order valence-corrected chi connectivity index (χ0v) is 19.9. The summed E-state index contributed by atoms with van der Waals surface area (Å²) in [5, 5.41) is 3.03. The minimum atomic E-state index is -0.409. The van der Waals surface area contributed by atoms with Crippen LogP contribution in [0.3, 0.4) is 0 Å². The molecule has 0 aliphatic carbocycles. The Morgan fingerprint density at radius 2 is 1.82 bits per heavy atom. The summed E-state index contributed by atoms with van der Waals surface area (Å²) in [5.74, 6) is 1.39. The van der Waals surface area contributed by atoms with Crippen molar-refractivity contribution in [1.29, 1.82) is 0 Å². The van der Waals surface area contributed by atoms with E-state index in [4.69, 9.17) is 14.2 Å². The highest BCUT2D eigenvalue weighted by molar-refractivity contribution is 5.95. The number of rotatable bonds is 10. The highest BCUT2D eigenvalue weighted by atomic mass is 16.5. The number of para-hydroxylation sites is 1. The Morgan fingerprint density at radius 3 is 2.52 bits per heavy atom. The number of nitrogens with zero attached hydrogens (tertiary/aromatic N) is 1. The minimum Gasteiger partial charge on any atom is -0.496 e. The molecule has 2 aromatic carbocycles. The van der Waals surface area contributed by atoms with E-state index >= 15 is 0 Å². The number of anilines is 1. The molecule has 1 fully saturated rings. The van der Waals surface area contributed by atoms with E-state index in [2.05, 4.69) is 12.2 Å². The van der Waals surface area contributed by atoms with Crippen LogP contribution < -0.4 is 19.5 Å². The fourth-order valence-corrected chi connectivity index (χ4v) is 4.37. The number of hydrogen-bond donors (Lipinski definition) is 1. The van der Waals surface area contributed by atoms with Gasteiger partial charge < -0.3 is 24.4 Å². The first-order valence-corrected chi connectivity index (χ1v) is 11.6. The normalized spacial score (nSPS) is 18.1. The maximum atomic E-state index is 13.5. The number of benzene rings is 2. The molecule has 1 saturated heterocycles. The number of carbonyl (C=O) groups excluding carboxylic acids is 2. The minimum absolute atomic E-state index is 0.0751. The quantitative estimate of drug-likeness (QED) is 0.557. The second-order valence-corrected chi connectivity index (χ2v) is 8.06. The summed E-state index contributed by atoms with van der Waals surface area (Å²) >= 11 is 0. The lowest BCUT2D eigenvalue weighted by Gasteiger charge is -2.41. The van der Waals surface area contributed by atoms with Crippen molar-refractivity contribution in [2.24, 2.45) is 5.92 Å². The highest BCUT2D eigenvalue weighted by Gasteiger charge is 2.41. The molecule has 0 radical (unpaired) electrons. The highest BCUT2D eigenvalue weighted by Crippen LogP contribution is 2.41. The number of piperidine rings is 1. The molecule has 0 saturated carbocycles. The van der Waals surface area contributed by atoms with Crippen molar-refractivity contribution >= 4 is 17.5 Å². The molecule has 2 atom stereocenters. The van der Waals surface area contributed by atoms with Gasteiger partial charge in [-0.2, -0.15) is 0 Å². The largest absolute Gasteiger partial charge is 0.496 e. The van der Waals surface area contributed by atoms with Crippen molar-refractivity contribution in [3.8, 4) is 17.2 Å². The molecule has 33 heavy (non-hydrogen) atoms. The number of methoxy groups -OCH3 is 2. The number of likely N-dealkylation sites (tertiary alicyclic amines) is 1. The lowest BCUT2D eigenvalue weighted by Crippen LogP contribution is -2.47. The van der Waals surface area contributed by atoms with E-state index < -0.39 is 12.0 Å². The van der Waals surface area contributed by atoms with Gasteiger partial charge in [0.05, 0.1) is 32.8 Å². The number of carbonyl (C=O) groups is 2. The van der Waals surface area contributed by atoms with E-state index in [0.717, 1.165) is 18.4 Å². The maximum Gasteiger partial charge on any atom is 0.229 e. The second-order valence-electron chi connectivity index (χ2n) is 8.06. The summed E-state index contributed by atoms with van der Waals surface area (Å²) in [6.45, 7) is 5.13. The standard InChI is InChI=1S/C26H34N2O5/c1-5-7-16-28-24(29)15-13-20(25(28)19-10-8-9-11-21(19)31-3)26(30)27-18-12-14-22(33-6-2)23(17-18)32-4/h8-12,14,17,20,25H,5-7,13,15-16H2,1-4H3,(H,27,30). The zero-order chi connectivity index (χ0) is 23.8. The molecule has 1 aliphatic rings. The summed E-state index contributed by atoms with van der Waals surface area (Å²) < 4.78 is 16.6. The van der Waals surface area contributed by atoms with Gasteiger partial charge in [-0.15, -0.1) is 0 Å². The fraction of sp³-hybridized carbons (Fsp3) is 0.462. The number of ether oxygens (including phenoxy) is 3.